The van der Waals surface area contributed by atoms with Crippen molar-refractivity contribution in [1.82, 2.24) is 4.98 Å². The lowest BCUT2D eigenvalue weighted by atomic mass is 10.0. The average molecular weight is 380 g/mol. The molecule has 3 aromatic rings. The monoisotopic (exact) mass is 379 g/mol. The van der Waals surface area contributed by atoms with Crippen molar-refractivity contribution in [3.8, 4) is 17.0 Å². The summed E-state index contributed by atoms with van der Waals surface area (Å²) in [7, 11) is 0. The standard InChI is InChI=1S/C22H22ClN3O/c1-15-11-19(23)22(25-13-15)27-18-9-10-26(14-18)21-8-7-17(12-20(21)24)16-5-3-2-4-6-16/h2-8,11-13,18H,9-10,14,24H2,1H3/t18-/m1/s1. The third kappa shape index (κ3) is 3.86. The molecule has 27 heavy (non-hydrogen) atoms. The molecule has 0 aliphatic carbocycles. The van der Waals surface area contributed by atoms with Gasteiger partial charge in [-0.3, -0.25) is 0 Å². The molecule has 1 atom stereocenters. The molecule has 0 saturated carbocycles. The maximum absolute atomic E-state index is 6.36. The number of halogens is 1. The summed E-state index contributed by atoms with van der Waals surface area (Å²) < 4.78 is 6.02. The third-order valence-corrected chi connectivity index (χ3v) is 5.11. The molecule has 0 amide bonds. The van der Waals surface area contributed by atoms with Crippen LogP contribution in [0.3, 0.4) is 0 Å². The summed E-state index contributed by atoms with van der Waals surface area (Å²) in [6.45, 7) is 3.62. The van der Waals surface area contributed by atoms with Crippen molar-refractivity contribution in [2.24, 2.45) is 0 Å². The summed E-state index contributed by atoms with van der Waals surface area (Å²) in [4.78, 5) is 6.57. The molecule has 0 radical (unpaired) electrons. The van der Waals surface area contributed by atoms with E-state index in [2.05, 4.69) is 34.1 Å². The minimum absolute atomic E-state index is 0.0471. The molecule has 2 N–H and O–H groups in total. The Hall–Kier alpha value is -2.72. The highest BCUT2D eigenvalue weighted by atomic mass is 35.5. The van der Waals surface area contributed by atoms with Gasteiger partial charge >= 0.3 is 0 Å². The molecule has 1 aromatic heterocycles. The first-order chi connectivity index (χ1) is 13.1. The second kappa shape index (κ2) is 7.49. The lowest BCUT2D eigenvalue weighted by Gasteiger charge is -2.21. The van der Waals surface area contributed by atoms with Gasteiger partial charge < -0.3 is 15.4 Å². The van der Waals surface area contributed by atoms with Crippen LogP contribution in [-0.4, -0.2) is 24.2 Å². The van der Waals surface area contributed by atoms with Gasteiger partial charge in [-0.15, -0.1) is 0 Å². The number of aryl methyl sites for hydroxylation is 1. The first-order valence-corrected chi connectivity index (χ1v) is 9.46. The Labute approximate surface area is 164 Å². The Morgan fingerprint density at radius 3 is 2.67 bits per heavy atom. The molecule has 1 fully saturated rings. The van der Waals surface area contributed by atoms with Crippen molar-refractivity contribution in [3.05, 3.63) is 71.4 Å². The molecule has 1 aliphatic heterocycles. The van der Waals surface area contributed by atoms with E-state index in [0.717, 1.165) is 42.0 Å². The average Bonchev–Trinajstić information content (AvgIpc) is 3.13. The van der Waals surface area contributed by atoms with E-state index in [4.69, 9.17) is 22.1 Å². The van der Waals surface area contributed by atoms with Crippen LogP contribution in [0, 0.1) is 6.92 Å². The fourth-order valence-corrected chi connectivity index (χ4v) is 3.73. The Balaban J connectivity index is 1.47. The number of ether oxygens (including phenoxy) is 1. The van der Waals surface area contributed by atoms with E-state index in [1.807, 2.05) is 37.3 Å². The maximum Gasteiger partial charge on any atom is 0.232 e. The molecular formula is C22H22ClN3O. The summed E-state index contributed by atoms with van der Waals surface area (Å²) in [5.41, 5.74) is 11.5. The van der Waals surface area contributed by atoms with E-state index < -0.39 is 0 Å². The van der Waals surface area contributed by atoms with Gasteiger partial charge in [0.2, 0.25) is 5.88 Å². The van der Waals surface area contributed by atoms with E-state index in [9.17, 15) is 0 Å². The zero-order valence-corrected chi connectivity index (χ0v) is 16.0. The molecular weight excluding hydrogens is 358 g/mol. The van der Waals surface area contributed by atoms with Crippen LogP contribution in [0.1, 0.15) is 12.0 Å². The number of aromatic nitrogens is 1. The quantitative estimate of drug-likeness (QED) is 0.651. The van der Waals surface area contributed by atoms with Crippen molar-refractivity contribution in [2.45, 2.75) is 19.4 Å². The maximum atomic E-state index is 6.36. The summed E-state index contributed by atoms with van der Waals surface area (Å²) in [6.07, 6.45) is 2.73. The Bertz CT molecular complexity index is 946. The number of pyridine rings is 1. The second-order valence-electron chi connectivity index (χ2n) is 6.91. The van der Waals surface area contributed by atoms with Gasteiger partial charge in [0.1, 0.15) is 11.1 Å². The Morgan fingerprint density at radius 1 is 1.11 bits per heavy atom. The first-order valence-electron chi connectivity index (χ1n) is 9.09. The SMILES string of the molecule is Cc1cnc(O[C@@H]2CCN(c3ccc(-c4ccccc4)cc3N)C2)c(Cl)c1. The van der Waals surface area contributed by atoms with E-state index in [-0.39, 0.29) is 6.10 Å². The van der Waals surface area contributed by atoms with E-state index >= 15 is 0 Å². The van der Waals surface area contributed by atoms with Crippen LogP contribution >= 0.6 is 11.6 Å². The van der Waals surface area contributed by atoms with Gasteiger partial charge in [-0.05, 0) is 41.8 Å². The zero-order valence-electron chi connectivity index (χ0n) is 15.2. The Kier molecular flexibility index (Phi) is 4.90. The number of rotatable bonds is 4. The predicted molar refractivity (Wildman–Crippen MR) is 112 cm³/mol. The van der Waals surface area contributed by atoms with Crippen molar-refractivity contribution < 1.29 is 4.74 Å². The molecule has 2 heterocycles. The zero-order chi connectivity index (χ0) is 18.8. The first kappa shape index (κ1) is 17.7. The molecule has 0 spiro atoms. The van der Waals surface area contributed by atoms with E-state index in [1.165, 1.54) is 5.56 Å². The van der Waals surface area contributed by atoms with Gasteiger partial charge in [0.15, 0.2) is 0 Å². The molecule has 1 aliphatic rings. The van der Waals surface area contributed by atoms with Crippen molar-refractivity contribution in [3.63, 3.8) is 0 Å². The summed E-state index contributed by atoms with van der Waals surface area (Å²) >= 11 is 6.24. The predicted octanol–water partition coefficient (Wildman–Crippen LogP) is 4.95. The molecule has 0 bridgehead atoms. The lowest BCUT2D eigenvalue weighted by Crippen LogP contribution is -2.25. The van der Waals surface area contributed by atoms with Crippen LogP contribution in [-0.2, 0) is 0 Å². The summed E-state index contributed by atoms with van der Waals surface area (Å²) in [5, 5.41) is 0.556. The number of nitrogens with zero attached hydrogens (tertiary/aromatic N) is 2. The summed E-state index contributed by atoms with van der Waals surface area (Å²) in [6, 6.07) is 18.4. The van der Waals surface area contributed by atoms with Crippen LogP contribution < -0.4 is 15.4 Å². The fraction of sp³-hybridized carbons (Fsp3) is 0.227. The number of anilines is 2. The highest BCUT2D eigenvalue weighted by Gasteiger charge is 2.26. The Morgan fingerprint density at radius 2 is 1.93 bits per heavy atom. The molecule has 5 heteroatoms. The van der Waals surface area contributed by atoms with Gasteiger partial charge in [0.05, 0.1) is 17.9 Å². The highest BCUT2D eigenvalue weighted by Crippen LogP contribution is 2.33. The number of hydrogen-bond acceptors (Lipinski definition) is 4. The number of hydrogen-bond donors (Lipinski definition) is 1. The molecule has 1 saturated heterocycles. The van der Waals surface area contributed by atoms with Crippen LogP contribution in [0.2, 0.25) is 5.02 Å². The van der Waals surface area contributed by atoms with Gasteiger partial charge in [0, 0.05) is 19.2 Å². The molecule has 138 valence electrons. The van der Waals surface area contributed by atoms with Crippen molar-refractivity contribution in [1.29, 1.82) is 0 Å². The second-order valence-corrected chi connectivity index (χ2v) is 7.32. The minimum Gasteiger partial charge on any atom is -0.471 e. The third-order valence-electron chi connectivity index (χ3n) is 4.84. The number of nitrogen functional groups attached to an aromatic ring is 1. The minimum atomic E-state index is 0.0471. The van der Waals surface area contributed by atoms with Gasteiger partial charge in [-0.2, -0.15) is 0 Å². The normalized spacial score (nSPS) is 16.5. The summed E-state index contributed by atoms with van der Waals surface area (Å²) in [5.74, 6) is 0.501. The molecule has 4 rings (SSSR count). The van der Waals surface area contributed by atoms with E-state index in [1.54, 1.807) is 6.20 Å². The van der Waals surface area contributed by atoms with Gasteiger partial charge in [-0.25, -0.2) is 4.98 Å². The smallest absolute Gasteiger partial charge is 0.232 e. The van der Waals surface area contributed by atoms with Crippen LogP contribution in [0.15, 0.2) is 60.8 Å². The number of benzene rings is 2. The van der Waals surface area contributed by atoms with Crippen LogP contribution in [0.4, 0.5) is 11.4 Å². The van der Waals surface area contributed by atoms with Gasteiger partial charge in [0.25, 0.3) is 0 Å². The number of nitrogens with two attached hydrogens (primary N) is 1. The molecule has 4 nitrogen and oxygen atoms in total. The molecule has 2 aromatic carbocycles. The van der Waals surface area contributed by atoms with Crippen molar-refractivity contribution >= 4 is 23.0 Å². The van der Waals surface area contributed by atoms with Crippen LogP contribution in [0.5, 0.6) is 5.88 Å². The largest absolute Gasteiger partial charge is 0.471 e. The highest BCUT2D eigenvalue weighted by molar-refractivity contribution is 6.31. The lowest BCUT2D eigenvalue weighted by molar-refractivity contribution is 0.216. The topological polar surface area (TPSA) is 51.4 Å². The van der Waals surface area contributed by atoms with Gasteiger partial charge in [-0.1, -0.05) is 48.0 Å². The van der Waals surface area contributed by atoms with E-state index in [0.29, 0.717) is 10.9 Å². The van der Waals surface area contributed by atoms with Crippen molar-refractivity contribution in [2.75, 3.05) is 23.7 Å². The fourth-order valence-electron chi connectivity index (χ4n) is 3.46. The van der Waals surface area contributed by atoms with Crippen LogP contribution in [0.25, 0.3) is 11.1 Å². The molecule has 0 unspecified atom stereocenters.